The van der Waals surface area contributed by atoms with Crippen molar-refractivity contribution in [3.05, 3.63) is 30.3 Å². The molecule has 1 aliphatic heterocycles. The molecule has 6 heteroatoms. The fraction of sp³-hybridized carbons (Fsp3) is 0.100. The lowest BCUT2D eigenvalue weighted by Gasteiger charge is -2.20. The predicted molar refractivity (Wildman–Crippen MR) is 62.6 cm³/mol. The van der Waals surface area contributed by atoms with Gasteiger partial charge in [-0.25, -0.2) is 0 Å². The molecule has 0 radical (unpaired) electrons. The van der Waals surface area contributed by atoms with Crippen molar-refractivity contribution in [1.29, 1.82) is 0 Å². The number of hydrogen-bond donors (Lipinski definition) is 2. The summed E-state index contributed by atoms with van der Waals surface area (Å²) < 4.78 is 0. The third-order valence-corrected chi connectivity index (χ3v) is 2.56. The van der Waals surface area contributed by atoms with E-state index < -0.39 is 17.9 Å². The largest absolute Gasteiger partial charge is 0.367 e. The van der Waals surface area contributed by atoms with Crippen molar-refractivity contribution in [2.75, 3.05) is 4.90 Å². The predicted octanol–water partition coefficient (Wildman–Crippen LogP) is -0.238. The maximum absolute atomic E-state index is 11.5. The first-order valence-electron chi connectivity index (χ1n) is 4.59. The van der Waals surface area contributed by atoms with Crippen molar-refractivity contribution in [3.8, 4) is 0 Å². The van der Waals surface area contributed by atoms with Crippen molar-refractivity contribution >= 4 is 34.8 Å². The Bertz CT molecular complexity index is 460. The Balaban J connectivity index is 2.42. The molecule has 1 aromatic rings. The molecule has 2 amide bonds. The molecule has 0 bridgehead atoms. The van der Waals surface area contributed by atoms with Gasteiger partial charge in [0.05, 0.1) is 0 Å². The topological polar surface area (TPSA) is 75.4 Å². The van der Waals surface area contributed by atoms with Crippen LogP contribution in [0.15, 0.2) is 30.3 Å². The van der Waals surface area contributed by atoms with E-state index in [0.29, 0.717) is 5.69 Å². The van der Waals surface area contributed by atoms with Crippen LogP contribution in [-0.2, 0) is 9.59 Å². The van der Waals surface area contributed by atoms with Gasteiger partial charge in [0.1, 0.15) is 0 Å². The lowest BCUT2D eigenvalue weighted by molar-refractivity contribution is -0.127. The SMILES string of the molecule is NC(=O)C1C(=O)NC(=S)N1c1ccccc1. The van der Waals surface area contributed by atoms with E-state index in [1.54, 1.807) is 24.3 Å². The summed E-state index contributed by atoms with van der Waals surface area (Å²) in [7, 11) is 0. The second-order valence-electron chi connectivity index (χ2n) is 3.30. The van der Waals surface area contributed by atoms with Crippen molar-refractivity contribution in [2.45, 2.75) is 6.04 Å². The number of rotatable bonds is 2. The highest BCUT2D eigenvalue weighted by Crippen LogP contribution is 2.20. The number of hydrogen-bond acceptors (Lipinski definition) is 3. The van der Waals surface area contributed by atoms with Crippen LogP contribution in [0.3, 0.4) is 0 Å². The van der Waals surface area contributed by atoms with E-state index in [0.717, 1.165) is 0 Å². The summed E-state index contributed by atoms with van der Waals surface area (Å²) in [5.41, 5.74) is 5.84. The van der Waals surface area contributed by atoms with E-state index in [-0.39, 0.29) is 5.11 Å². The smallest absolute Gasteiger partial charge is 0.259 e. The normalized spacial score (nSPS) is 19.8. The first kappa shape index (κ1) is 10.6. The number of amides is 2. The molecule has 82 valence electrons. The van der Waals surface area contributed by atoms with Gasteiger partial charge in [-0.1, -0.05) is 18.2 Å². The van der Waals surface area contributed by atoms with Gasteiger partial charge < -0.3 is 11.1 Å². The lowest BCUT2D eigenvalue weighted by atomic mass is 10.2. The van der Waals surface area contributed by atoms with Gasteiger partial charge in [-0.2, -0.15) is 0 Å². The number of benzene rings is 1. The molecule has 0 aliphatic carbocycles. The van der Waals surface area contributed by atoms with Crippen LogP contribution in [0.1, 0.15) is 0 Å². The number of carbonyl (C=O) groups excluding carboxylic acids is 2. The molecular formula is C10H9N3O2S. The fourth-order valence-electron chi connectivity index (χ4n) is 1.58. The summed E-state index contributed by atoms with van der Waals surface area (Å²) in [4.78, 5) is 24.1. The molecule has 1 atom stereocenters. The zero-order valence-corrected chi connectivity index (χ0v) is 9.03. The van der Waals surface area contributed by atoms with Gasteiger partial charge in [0.15, 0.2) is 11.2 Å². The summed E-state index contributed by atoms with van der Waals surface area (Å²) in [6, 6.07) is 7.86. The molecule has 0 saturated carbocycles. The quantitative estimate of drug-likeness (QED) is 0.548. The summed E-state index contributed by atoms with van der Waals surface area (Å²) in [5, 5.41) is 2.61. The number of nitrogens with two attached hydrogens (primary N) is 1. The van der Waals surface area contributed by atoms with Crippen LogP contribution in [0, 0.1) is 0 Å². The molecule has 5 nitrogen and oxygen atoms in total. The summed E-state index contributed by atoms with van der Waals surface area (Å²) in [6.07, 6.45) is 0. The molecule has 16 heavy (non-hydrogen) atoms. The zero-order chi connectivity index (χ0) is 11.7. The molecular weight excluding hydrogens is 226 g/mol. The molecule has 0 spiro atoms. The number of thiocarbonyl (C=S) groups is 1. The molecule has 0 aromatic heterocycles. The van der Waals surface area contributed by atoms with E-state index in [2.05, 4.69) is 5.32 Å². The van der Waals surface area contributed by atoms with Gasteiger partial charge in [0.2, 0.25) is 5.91 Å². The molecule has 1 fully saturated rings. The van der Waals surface area contributed by atoms with Gasteiger partial charge in [-0.15, -0.1) is 0 Å². The second-order valence-corrected chi connectivity index (χ2v) is 3.69. The average molecular weight is 235 g/mol. The fourth-order valence-corrected chi connectivity index (χ4v) is 1.89. The van der Waals surface area contributed by atoms with E-state index in [9.17, 15) is 9.59 Å². The minimum atomic E-state index is -1.06. The standard InChI is InChI=1S/C10H9N3O2S/c11-8(14)7-9(15)12-10(16)13(7)6-4-2-1-3-5-6/h1-5,7H,(H2,11,14)(H,12,15,16). The number of primary amides is 1. The monoisotopic (exact) mass is 235 g/mol. The van der Waals surface area contributed by atoms with E-state index in [4.69, 9.17) is 18.0 Å². The zero-order valence-electron chi connectivity index (χ0n) is 8.21. The van der Waals surface area contributed by atoms with Crippen LogP contribution in [0.25, 0.3) is 0 Å². The highest BCUT2D eigenvalue weighted by molar-refractivity contribution is 7.80. The average Bonchev–Trinajstić information content (AvgIpc) is 2.55. The number of para-hydroxylation sites is 1. The van der Waals surface area contributed by atoms with Gasteiger partial charge in [0.25, 0.3) is 5.91 Å². The Kier molecular flexibility index (Phi) is 2.57. The molecule has 1 aliphatic rings. The van der Waals surface area contributed by atoms with Crippen LogP contribution >= 0.6 is 12.2 Å². The third kappa shape index (κ3) is 1.63. The van der Waals surface area contributed by atoms with E-state index >= 15 is 0 Å². The molecule has 1 saturated heterocycles. The Morgan fingerprint density at radius 3 is 2.56 bits per heavy atom. The van der Waals surface area contributed by atoms with Crippen LogP contribution in [0.2, 0.25) is 0 Å². The second kappa shape index (κ2) is 3.90. The lowest BCUT2D eigenvalue weighted by Crippen LogP contribution is -2.45. The first-order valence-corrected chi connectivity index (χ1v) is 5.00. The van der Waals surface area contributed by atoms with Gasteiger partial charge in [0, 0.05) is 5.69 Å². The van der Waals surface area contributed by atoms with E-state index in [1.165, 1.54) is 4.90 Å². The van der Waals surface area contributed by atoms with Crippen molar-refractivity contribution in [2.24, 2.45) is 5.73 Å². The van der Waals surface area contributed by atoms with Crippen LogP contribution < -0.4 is 16.0 Å². The van der Waals surface area contributed by atoms with Crippen LogP contribution in [0.5, 0.6) is 0 Å². The minimum Gasteiger partial charge on any atom is -0.367 e. The molecule has 1 heterocycles. The van der Waals surface area contributed by atoms with Gasteiger partial charge in [-0.05, 0) is 24.4 Å². The van der Waals surface area contributed by atoms with Gasteiger partial charge >= 0.3 is 0 Å². The highest BCUT2D eigenvalue weighted by atomic mass is 32.1. The number of anilines is 1. The number of carbonyl (C=O) groups is 2. The summed E-state index contributed by atoms with van der Waals surface area (Å²) in [5.74, 6) is -1.21. The van der Waals surface area contributed by atoms with Crippen molar-refractivity contribution in [1.82, 2.24) is 5.32 Å². The minimum absolute atomic E-state index is 0.194. The molecule has 3 N–H and O–H groups in total. The Hall–Kier alpha value is -1.95. The molecule has 1 aromatic carbocycles. The van der Waals surface area contributed by atoms with Crippen LogP contribution in [-0.4, -0.2) is 23.0 Å². The summed E-state index contributed by atoms with van der Waals surface area (Å²) in [6.45, 7) is 0. The Morgan fingerprint density at radius 2 is 2.00 bits per heavy atom. The first-order chi connectivity index (χ1) is 7.61. The van der Waals surface area contributed by atoms with Crippen LogP contribution in [0.4, 0.5) is 5.69 Å². The highest BCUT2D eigenvalue weighted by Gasteiger charge is 2.40. The maximum Gasteiger partial charge on any atom is 0.259 e. The Morgan fingerprint density at radius 1 is 1.38 bits per heavy atom. The number of nitrogens with one attached hydrogen (secondary N) is 1. The molecule has 2 rings (SSSR count). The van der Waals surface area contributed by atoms with Gasteiger partial charge in [-0.3, -0.25) is 14.5 Å². The van der Waals surface area contributed by atoms with Crippen molar-refractivity contribution < 1.29 is 9.59 Å². The third-order valence-electron chi connectivity index (χ3n) is 2.26. The van der Waals surface area contributed by atoms with Crippen molar-refractivity contribution in [3.63, 3.8) is 0 Å². The Labute approximate surface area is 97.2 Å². The maximum atomic E-state index is 11.5. The molecule has 1 unspecified atom stereocenters. The summed E-state index contributed by atoms with van der Waals surface area (Å²) >= 11 is 4.98. The number of nitrogens with zero attached hydrogens (tertiary/aromatic N) is 1. The van der Waals surface area contributed by atoms with E-state index in [1.807, 2.05) is 6.07 Å².